The molecule has 1 fully saturated rings. The lowest BCUT2D eigenvalue weighted by Crippen LogP contribution is -2.21. The topological polar surface area (TPSA) is 80.9 Å². The first-order valence-corrected chi connectivity index (χ1v) is 8.28. The first-order valence-electron chi connectivity index (χ1n) is 8.28. The largest absolute Gasteiger partial charge is 0.396 e. The Morgan fingerprint density at radius 3 is 1.00 bits per heavy atom. The van der Waals surface area contributed by atoms with E-state index in [0.717, 1.165) is 51.4 Å². The zero-order chi connectivity index (χ0) is 15.1. The lowest BCUT2D eigenvalue weighted by Gasteiger charge is -2.20. The van der Waals surface area contributed by atoms with Crippen molar-refractivity contribution in [3.05, 3.63) is 0 Å². The number of hydrogen-bond donors (Lipinski definition) is 4. The third-order valence-corrected chi connectivity index (χ3v) is 3.73. The molecule has 4 nitrogen and oxygen atoms in total. The summed E-state index contributed by atoms with van der Waals surface area (Å²) in [7, 11) is 0. The van der Waals surface area contributed by atoms with Crippen LogP contribution in [-0.4, -0.2) is 45.8 Å². The van der Waals surface area contributed by atoms with Crippen molar-refractivity contribution in [3.63, 3.8) is 0 Å². The third kappa shape index (κ3) is 14.3. The minimum absolute atomic E-state index is 0.140. The molecular formula is C16H34O4. The molecule has 0 aliphatic heterocycles. The molecule has 1 aliphatic carbocycles. The number of aliphatic hydroxyl groups is 4. The summed E-state index contributed by atoms with van der Waals surface area (Å²) in [4.78, 5) is 0. The maximum atomic E-state index is 8.92. The first kappa shape index (κ1) is 19.8. The Kier molecular flexibility index (Phi) is 15.1. The van der Waals surface area contributed by atoms with Crippen molar-refractivity contribution in [1.29, 1.82) is 0 Å². The van der Waals surface area contributed by atoms with Gasteiger partial charge in [0, 0.05) is 13.2 Å². The lowest BCUT2D eigenvalue weighted by atomic mass is 9.95. The molecule has 0 radical (unpaired) electrons. The molecule has 4 N–H and O–H groups in total. The van der Waals surface area contributed by atoms with E-state index in [1.807, 2.05) is 0 Å². The van der Waals surface area contributed by atoms with E-state index in [9.17, 15) is 0 Å². The van der Waals surface area contributed by atoms with E-state index in [1.54, 1.807) is 0 Å². The van der Waals surface area contributed by atoms with Gasteiger partial charge in [0.1, 0.15) is 0 Å². The third-order valence-electron chi connectivity index (χ3n) is 3.73. The van der Waals surface area contributed by atoms with Crippen LogP contribution in [0.2, 0.25) is 0 Å². The summed E-state index contributed by atoms with van der Waals surface area (Å²) in [5, 5.41) is 34.9. The first-order chi connectivity index (χ1) is 9.70. The quantitative estimate of drug-likeness (QED) is 0.491. The van der Waals surface area contributed by atoms with Gasteiger partial charge in [0.2, 0.25) is 0 Å². The number of aliphatic hydroxyl groups excluding tert-OH is 4. The van der Waals surface area contributed by atoms with Gasteiger partial charge in [-0.25, -0.2) is 0 Å². The standard InChI is InChI=1S/C10H22O2.C6H12O2/c11-9-7-5-3-1-2-4-6-8-10-12;7-5-1-2-6(8)4-3-5/h11-12H,1-10H2;5-8H,1-4H2. The van der Waals surface area contributed by atoms with Crippen LogP contribution in [0.25, 0.3) is 0 Å². The van der Waals surface area contributed by atoms with Crippen LogP contribution in [-0.2, 0) is 0 Å². The highest BCUT2D eigenvalue weighted by Crippen LogP contribution is 2.17. The van der Waals surface area contributed by atoms with E-state index in [0.29, 0.717) is 13.2 Å². The molecule has 0 bridgehead atoms. The van der Waals surface area contributed by atoms with Gasteiger partial charge in [-0.05, 0) is 38.5 Å². The summed E-state index contributed by atoms with van der Waals surface area (Å²) in [6, 6.07) is 0. The lowest BCUT2D eigenvalue weighted by molar-refractivity contribution is 0.0541. The molecule has 0 heterocycles. The minimum Gasteiger partial charge on any atom is -0.396 e. The Bertz CT molecular complexity index is 159. The van der Waals surface area contributed by atoms with Crippen molar-refractivity contribution < 1.29 is 20.4 Å². The molecule has 0 aromatic rings. The van der Waals surface area contributed by atoms with Gasteiger partial charge >= 0.3 is 0 Å². The van der Waals surface area contributed by atoms with Crippen molar-refractivity contribution >= 4 is 0 Å². The number of unbranched alkanes of at least 4 members (excludes halogenated alkanes) is 7. The van der Waals surface area contributed by atoms with Crippen molar-refractivity contribution in [2.75, 3.05) is 13.2 Å². The van der Waals surface area contributed by atoms with Gasteiger partial charge in [-0.1, -0.05) is 38.5 Å². The minimum atomic E-state index is -0.140. The molecule has 1 rings (SSSR count). The summed E-state index contributed by atoms with van der Waals surface area (Å²) in [6.07, 6.45) is 12.1. The number of rotatable bonds is 9. The highest BCUT2D eigenvalue weighted by Gasteiger charge is 2.15. The van der Waals surface area contributed by atoms with Crippen molar-refractivity contribution in [2.24, 2.45) is 0 Å². The predicted molar refractivity (Wildman–Crippen MR) is 81.6 cm³/mol. The average molecular weight is 290 g/mol. The van der Waals surface area contributed by atoms with Crippen LogP contribution in [0.4, 0.5) is 0 Å². The van der Waals surface area contributed by atoms with Crippen molar-refractivity contribution in [3.8, 4) is 0 Å². The molecule has 0 aromatic carbocycles. The molecular weight excluding hydrogens is 256 g/mol. The fraction of sp³-hybridized carbons (Fsp3) is 1.00. The van der Waals surface area contributed by atoms with Gasteiger partial charge in [-0.15, -0.1) is 0 Å². The molecule has 20 heavy (non-hydrogen) atoms. The zero-order valence-corrected chi connectivity index (χ0v) is 12.8. The SMILES string of the molecule is OC1CCC(O)CC1.OCCCCCCCCCCO. The van der Waals surface area contributed by atoms with E-state index in [1.165, 1.54) is 25.7 Å². The van der Waals surface area contributed by atoms with E-state index in [4.69, 9.17) is 20.4 Å². The summed E-state index contributed by atoms with van der Waals surface area (Å²) in [5.74, 6) is 0. The van der Waals surface area contributed by atoms with Crippen molar-refractivity contribution in [2.45, 2.75) is 89.3 Å². The molecule has 122 valence electrons. The molecule has 0 atom stereocenters. The molecule has 0 amide bonds. The number of hydrogen-bond acceptors (Lipinski definition) is 4. The fourth-order valence-electron chi connectivity index (χ4n) is 2.34. The second-order valence-corrected chi connectivity index (χ2v) is 5.74. The van der Waals surface area contributed by atoms with Crippen molar-refractivity contribution in [1.82, 2.24) is 0 Å². The van der Waals surface area contributed by atoms with Gasteiger partial charge in [0.25, 0.3) is 0 Å². The van der Waals surface area contributed by atoms with Crippen LogP contribution in [0.1, 0.15) is 77.0 Å². The molecule has 0 unspecified atom stereocenters. The van der Waals surface area contributed by atoms with Gasteiger partial charge in [-0.2, -0.15) is 0 Å². The second-order valence-electron chi connectivity index (χ2n) is 5.74. The predicted octanol–water partition coefficient (Wildman–Crippen LogP) is 2.37. The fourth-order valence-corrected chi connectivity index (χ4v) is 2.34. The highest BCUT2D eigenvalue weighted by atomic mass is 16.3. The maximum absolute atomic E-state index is 8.92. The molecule has 1 aliphatic rings. The Morgan fingerprint density at radius 2 is 0.750 bits per heavy atom. The van der Waals surface area contributed by atoms with Crippen LogP contribution < -0.4 is 0 Å². The Hall–Kier alpha value is -0.160. The molecule has 0 aromatic heterocycles. The van der Waals surface area contributed by atoms with Gasteiger partial charge in [-0.3, -0.25) is 0 Å². The van der Waals surface area contributed by atoms with Gasteiger partial charge in [0.05, 0.1) is 12.2 Å². The van der Waals surface area contributed by atoms with Crippen LogP contribution >= 0.6 is 0 Å². The average Bonchev–Trinajstić information content (AvgIpc) is 2.46. The summed E-state index contributed by atoms with van der Waals surface area (Å²) >= 11 is 0. The highest BCUT2D eigenvalue weighted by molar-refractivity contribution is 4.69. The normalized spacial score (nSPS) is 22.2. The molecule has 0 spiro atoms. The van der Waals surface area contributed by atoms with E-state index in [2.05, 4.69) is 0 Å². The monoisotopic (exact) mass is 290 g/mol. The molecule has 4 heteroatoms. The summed E-state index contributed by atoms with van der Waals surface area (Å²) in [6.45, 7) is 0.676. The molecule has 0 saturated heterocycles. The summed E-state index contributed by atoms with van der Waals surface area (Å²) in [5.41, 5.74) is 0. The van der Waals surface area contributed by atoms with E-state index in [-0.39, 0.29) is 12.2 Å². The zero-order valence-electron chi connectivity index (χ0n) is 12.8. The Balaban J connectivity index is 0.000000388. The van der Waals surface area contributed by atoms with Crippen LogP contribution in [0.5, 0.6) is 0 Å². The summed E-state index contributed by atoms with van der Waals surface area (Å²) < 4.78 is 0. The maximum Gasteiger partial charge on any atom is 0.0542 e. The van der Waals surface area contributed by atoms with E-state index >= 15 is 0 Å². The Morgan fingerprint density at radius 1 is 0.500 bits per heavy atom. The van der Waals surface area contributed by atoms with Gasteiger partial charge < -0.3 is 20.4 Å². The van der Waals surface area contributed by atoms with Crippen LogP contribution in [0.3, 0.4) is 0 Å². The molecule has 1 saturated carbocycles. The van der Waals surface area contributed by atoms with Crippen LogP contribution in [0, 0.1) is 0 Å². The Labute approximate surface area is 123 Å². The second kappa shape index (κ2) is 15.2. The van der Waals surface area contributed by atoms with Crippen LogP contribution in [0.15, 0.2) is 0 Å². The van der Waals surface area contributed by atoms with E-state index < -0.39 is 0 Å². The van der Waals surface area contributed by atoms with Gasteiger partial charge in [0.15, 0.2) is 0 Å². The smallest absolute Gasteiger partial charge is 0.0542 e.